The van der Waals surface area contributed by atoms with Gasteiger partial charge in [0.25, 0.3) is 0 Å². The maximum Gasteiger partial charge on any atom is 0.226 e. The minimum absolute atomic E-state index is 0.700. The summed E-state index contributed by atoms with van der Waals surface area (Å²) in [7, 11) is 0. The Kier molecular flexibility index (Phi) is 1.99. The van der Waals surface area contributed by atoms with E-state index in [-0.39, 0.29) is 0 Å². The van der Waals surface area contributed by atoms with Crippen molar-refractivity contribution in [2.24, 2.45) is 0 Å². The molecular formula is C11H11N3O. The zero-order valence-corrected chi connectivity index (χ0v) is 8.23. The maximum atomic E-state index is 5.71. The molecule has 0 spiro atoms. The molecule has 1 aliphatic heterocycles. The van der Waals surface area contributed by atoms with Gasteiger partial charge in [0.2, 0.25) is 5.89 Å². The largest absolute Gasteiger partial charge is 0.441 e. The number of rotatable bonds is 1. The van der Waals surface area contributed by atoms with E-state index in [0.29, 0.717) is 5.89 Å². The summed E-state index contributed by atoms with van der Waals surface area (Å²) in [6, 6.07) is 3.81. The van der Waals surface area contributed by atoms with Gasteiger partial charge in [-0.2, -0.15) is 0 Å². The fourth-order valence-corrected chi connectivity index (χ4v) is 1.74. The first kappa shape index (κ1) is 8.61. The molecule has 0 bridgehead atoms. The predicted molar refractivity (Wildman–Crippen MR) is 55.1 cm³/mol. The van der Waals surface area contributed by atoms with E-state index in [2.05, 4.69) is 15.3 Å². The van der Waals surface area contributed by atoms with Crippen molar-refractivity contribution in [2.45, 2.75) is 13.0 Å². The Morgan fingerprint density at radius 1 is 1.27 bits per heavy atom. The van der Waals surface area contributed by atoms with Crippen LogP contribution in [-0.4, -0.2) is 16.5 Å². The minimum Gasteiger partial charge on any atom is -0.441 e. The average Bonchev–Trinajstić information content (AvgIpc) is 2.74. The molecule has 0 amide bonds. The van der Waals surface area contributed by atoms with Gasteiger partial charge < -0.3 is 9.73 Å². The van der Waals surface area contributed by atoms with Crippen molar-refractivity contribution in [3.05, 3.63) is 36.0 Å². The number of oxazole rings is 1. The number of hydrogen-bond donors (Lipinski definition) is 1. The molecule has 2 aromatic heterocycles. The molecule has 15 heavy (non-hydrogen) atoms. The molecule has 4 nitrogen and oxygen atoms in total. The Hall–Kier alpha value is -1.68. The van der Waals surface area contributed by atoms with Gasteiger partial charge in [-0.3, -0.25) is 4.98 Å². The first-order valence-electron chi connectivity index (χ1n) is 5.03. The van der Waals surface area contributed by atoms with Gasteiger partial charge in [-0.25, -0.2) is 4.98 Å². The lowest BCUT2D eigenvalue weighted by Crippen LogP contribution is -2.22. The zero-order chi connectivity index (χ0) is 10.1. The van der Waals surface area contributed by atoms with Crippen LogP contribution < -0.4 is 5.32 Å². The summed E-state index contributed by atoms with van der Waals surface area (Å²) in [5.74, 6) is 1.71. The third-order valence-electron chi connectivity index (χ3n) is 2.53. The molecule has 1 N–H and O–H groups in total. The summed E-state index contributed by atoms with van der Waals surface area (Å²) in [5.41, 5.74) is 2.02. The van der Waals surface area contributed by atoms with E-state index in [0.717, 1.165) is 36.5 Å². The molecule has 0 radical (unpaired) electrons. The van der Waals surface area contributed by atoms with E-state index >= 15 is 0 Å². The van der Waals surface area contributed by atoms with Gasteiger partial charge in [-0.15, -0.1) is 0 Å². The highest BCUT2D eigenvalue weighted by molar-refractivity contribution is 5.52. The SMILES string of the molecule is c1cc(-c2nc3c(o2)CCNC3)ccn1. The lowest BCUT2D eigenvalue weighted by atomic mass is 10.2. The summed E-state index contributed by atoms with van der Waals surface area (Å²) in [4.78, 5) is 8.44. The van der Waals surface area contributed by atoms with Gasteiger partial charge in [0.1, 0.15) is 5.76 Å². The minimum atomic E-state index is 0.700. The third-order valence-corrected chi connectivity index (χ3v) is 2.53. The molecule has 0 saturated heterocycles. The second kappa shape index (κ2) is 3.47. The molecular weight excluding hydrogens is 190 g/mol. The fraction of sp³-hybridized carbons (Fsp3) is 0.273. The van der Waals surface area contributed by atoms with E-state index in [1.807, 2.05) is 12.1 Å². The van der Waals surface area contributed by atoms with Crippen molar-refractivity contribution in [2.75, 3.05) is 6.54 Å². The summed E-state index contributed by atoms with van der Waals surface area (Å²) < 4.78 is 5.71. The molecule has 0 atom stereocenters. The third kappa shape index (κ3) is 1.53. The standard InChI is InChI=1S/C11H11N3O/c1-4-12-5-2-8(1)11-14-9-7-13-6-3-10(9)15-11/h1-2,4-5,13H,3,6-7H2. The molecule has 0 fully saturated rings. The number of nitrogens with one attached hydrogen (secondary N) is 1. The molecule has 2 aromatic rings. The monoisotopic (exact) mass is 201 g/mol. The summed E-state index contributed by atoms with van der Waals surface area (Å²) >= 11 is 0. The Morgan fingerprint density at radius 3 is 2.93 bits per heavy atom. The van der Waals surface area contributed by atoms with Gasteiger partial charge in [0.05, 0.1) is 5.69 Å². The van der Waals surface area contributed by atoms with Crippen LogP contribution in [0.3, 0.4) is 0 Å². The summed E-state index contributed by atoms with van der Waals surface area (Å²) in [5, 5.41) is 3.27. The highest BCUT2D eigenvalue weighted by atomic mass is 16.4. The van der Waals surface area contributed by atoms with Gasteiger partial charge in [-0.1, -0.05) is 0 Å². The van der Waals surface area contributed by atoms with E-state index in [1.165, 1.54) is 0 Å². The van der Waals surface area contributed by atoms with Gasteiger partial charge in [0, 0.05) is 37.5 Å². The number of aromatic nitrogens is 2. The molecule has 1 aliphatic rings. The van der Waals surface area contributed by atoms with Crippen LogP contribution in [0.4, 0.5) is 0 Å². The normalized spacial score (nSPS) is 14.9. The second-order valence-corrected chi connectivity index (χ2v) is 3.55. The van der Waals surface area contributed by atoms with Crippen molar-refractivity contribution < 1.29 is 4.42 Å². The number of hydrogen-bond acceptors (Lipinski definition) is 4. The van der Waals surface area contributed by atoms with Crippen molar-refractivity contribution in [1.82, 2.24) is 15.3 Å². The van der Waals surface area contributed by atoms with Crippen LogP contribution in [-0.2, 0) is 13.0 Å². The zero-order valence-electron chi connectivity index (χ0n) is 8.23. The quantitative estimate of drug-likeness (QED) is 0.757. The van der Waals surface area contributed by atoms with E-state index in [4.69, 9.17) is 4.42 Å². The average molecular weight is 201 g/mol. The van der Waals surface area contributed by atoms with Gasteiger partial charge in [-0.05, 0) is 12.1 Å². The Morgan fingerprint density at radius 2 is 2.13 bits per heavy atom. The van der Waals surface area contributed by atoms with Crippen LogP contribution in [0.25, 0.3) is 11.5 Å². The first-order valence-corrected chi connectivity index (χ1v) is 5.03. The van der Waals surface area contributed by atoms with Crippen LogP contribution in [0.2, 0.25) is 0 Å². The highest BCUT2D eigenvalue weighted by Crippen LogP contribution is 2.22. The highest BCUT2D eigenvalue weighted by Gasteiger charge is 2.16. The van der Waals surface area contributed by atoms with Crippen molar-refractivity contribution in [3.63, 3.8) is 0 Å². The smallest absolute Gasteiger partial charge is 0.226 e. The fourth-order valence-electron chi connectivity index (χ4n) is 1.74. The van der Waals surface area contributed by atoms with Gasteiger partial charge in [0.15, 0.2) is 0 Å². The van der Waals surface area contributed by atoms with E-state index in [1.54, 1.807) is 12.4 Å². The van der Waals surface area contributed by atoms with Crippen molar-refractivity contribution in [3.8, 4) is 11.5 Å². The molecule has 3 rings (SSSR count). The molecule has 0 aromatic carbocycles. The molecule has 0 unspecified atom stereocenters. The number of nitrogens with zero attached hydrogens (tertiary/aromatic N) is 2. The van der Waals surface area contributed by atoms with Crippen molar-refractivity contribution in [1.29, 1.82) is 0 Å². The van der Waals surface area contributed by atoms with E-state index < -0.39 is 0 Å². The molecule has 0 saturated carbocycles. The molecule has 76 valence electrons. The van der Waals surface area contributed by atoms with Gasteiger partial charge >= 0.3 is 0 Å². The Labute approximate surface area is 87.4 Å². The van der Waals surface area contributed by atoms with Crippen LogP contribution in [0.5, 0.6) is 0 Å². The van der Waals surface area contributed by atoms with Crippen LogP contribution in [0.1, 0.15) is 11.5 Å². The topological polar surface area (TPSA) is 51.0 Å². The second-order valence-electron chi connectivity index (χ2n) is 3.55. The van der Waals surface area contributed by atoms with Crippen LogP contribution in [0, 0.1) is 0 Å². The van der Waals surface area contributed by atoms with Crippen LogP contribution >= 0.6 is 0 Å². The lowest BCUT2D eigenvalue weighted by molar-refractivity contribution is 0.483. The predicted octanol–water partition coefficient (Wildman–Crippen LogP) is 1.38. The maximum absolute atomic E-state index is 5.71. The molecule has 0 aliphatic carbocycles. The number of fused-ring (bicyclic) bond motifs is 1. The lowest BCUT2D eigenvalue weighted by Gasteiger charge is -2.08. The summed E-state index contributed by atoms with van der Waals surface area (Å²) in [6.07, 6.45) is 4.42. The Balaban J connectivity index is 2.03. The number of pyridine rings is 1. The first-order chi connectivity index (χ1) is 7.43. The Bertz CT molecular complexity index is 440. The van der Waals surface area contributed by atoms with E-state index in [9.17, 15) is 0 Å². The summed E-state index contributed by atoms with van der Waals surface area (Å²) in [6.45, 7) is 1.78. The van der Waals surface area contributed by atoms with Crippen molar-refractivity contribution >= 4 is 0 Å². The molecule has 3 heterocycles. The molecule has 4 heteroatoms. The van der Waals surface area contributed by atoms with Crippen LogP contribution in [0.15, 0.2) is 28.9 Å².